The summed E-state index contributed by atoms with van der Waals surface area (Å²) in [4.78, 5) is 47.6. The number of rotatable bonds is 12. The molecule has 1 spiro atoms. The van der Waals surface area contributed by atoms with Crippen LogP contribution in [0.1, 0.15) is 47.0 Å². The Labute approximate surface area is 237 Å². The lowest BCUT2D eigenvalue weighted by Gasteiger charge is -2.42. The minimum absolute atomic E-state index is 0.116. The maximum atomic E-state index is 14.3. The zero-order chi connectivity index (χ0) is 29.2. The molecule has 0 saturated carbocycles. The number of nitrogens with zero attached hydrogens (tertiary/aromatic N) is 3. The van der Waals surface area contributed by atoms with Crippen molar-refractivity contribution in [3.05, 3.63) is 49.6 Å². The molecule has 1 N–H and O–H groups in total. The van der Waals surface area contributed by atoms with Crippen LogP contribution in [0, 0.1) is 11.8 Å². The Morgan fingerprint density at radius 2 is 1.85 bits per heavy atom. The van der Waals surface area contributed by atoms with Crippen molar-refractivity contribution in [3.8, 4) is 5.75 Å². The Morgan fingerprint density at radius 3 is 2.42 bits per heavy atom. The van der Waals surface area contributed by atoms with Crippen LogP contribution in [-0.2, 0) is 19.1 Å². The maximum Gasteiger partial charge on any atom is 0.249 e. The Bertz CT molecular complexity index is 1130. The quantitative estimate of drug-likeness (QED) is 0.399. The third kappa shape index (κ3) is 5.05. The van der Waals surface area contributed by atoms with Crippen molar-refractivity contribution in [2.24, 2.45) is 11.8 Å². The zero-order valence-electron chi connectivity index (χ0n) is 24.2. The molecule has 40 heavy (non-hydrogen) atoms. The first-order chi connectivity index (χ1) is 19.0. The molecule has 0 aromatic heterocycles. The number of likely N-dealkylation sites (tertiary alicyclic amines) is 1. The molecule has 5 atom stereocenters. The van der Waals surface area contributed by atoms with Crippen LogP contribution in [0.15, 0.2) is 49.6 Å². The van der Waals surface area contributed by atoms with E-state index >= 15 is 0 Å². The highest BCUT2D eigenvalue weighted by molar-refractivity contribution is 6.03. The van der Waals surface area contributed by atoms with Crippen molar-refractivity contribution in [1.29, 1.82) is 0 Å². The number of carbonyl (C=O) groups is 3. The Balaban J connectivity index is 1.73. The SMILES string of the molecule is C=CCN(C(=O)[C@@H]1[C@H]2C(=O)N(CCCO)C(C(=O)N(CC=C)C(C)(C)C)C23CC[C@H]1O3)c1ccc(OCC)cc1. The first kappa shape index (κ1) is 29.8. The number of benzene rings is 1. The van der Waals surface area contributed by atoms with Crippen molar-refractivity contribution >= 4 is 23.4 Å². The van der Waals surface area contributed by atoms with Gasteiger partial charge in [-0.05, 0) is 71.2 Å². The topological polar surface area (TPSA) is 99.6 Å². The minimum Gasteiger partial charge on any atom is -0.494 e. The second kappa shape index (κ2) is 11.7. The molecular weight excluding hydrogens is 510 g/mol. The number of hydrogen-bond acceptors (Lipinski definition) is 6. The maximum absolute atomic E-state index is 14.3. The minimum atomic E-state index is -1.10. The van der Waals surface area contributed by atoms with Crippen LogP contribution in [0.5, 0.6) is 5.75 Å². The molecule has 3 aliphatic heterocycles. The molecular formula is C31H43N3O6. The fourth-order valence-corrected chi connectivity index (χ4v) is 6.69. The highest BCUT2D eigenvalue weighted by Gasteiger charge is 2.75. The van der Waals surface area contributed by atoms with Crippen LogP contribution in [0.25, 0.3) is 0 Å². The summed E-state index contributed by atoms with van der Waals surface area (Å²) < 4.78 is 12.2. The van der Waals surface area contributed by atoms with E-state index in [1.165, 1.54) is 0 Å². The van der Waals surface area contributed by atoms with Crippen LogP contribution < -0.4 is 9.64 Å². The van der Waals surface area contributed by atoms with Gasteiger partial charge in [-0.25, -0.2) is 0 Å². The third-order valence-electron chi connectivity index (χ3n) is 8.30. The lowest BCUT2D eigenvalue weighted by molar-refractivity contribution is -0.151. The summed E-state index contributed by atoms with van der Waals surface area (Å²) in [6.45, 7) is 16.6. The van der Waals surface area contributed by atoms with E-state index in [9.17, 15) is 19.5 Å². The van der Waals surface area contributed by atoms with Gasteiger partial charge in [0, 0.05) is 37.5 Å². The molecule has 2 bridgehead atoms. The van der Waals surface area contributed by atoms with Gasteiger partial charge in [0.1, 0.15) is 17.4 Å². The number of fused-ring (bicyclic) bond motifs is 1. The number of hydrogen-bond donors (Lipinski definition) is 1. The van der Waals surface area contributed by atoms with Crippen molar-refractivity contribution < 1.29 is 29.0 Å². The van der Waals surface area contributed by atoms with E-state index in [0.29, 0.717) is 43.9 Å². The fraction of sp³-hybridized carbons (Fsp3) is 0.581. The number of carbonyl (C=O) groups excluding carboxylic acids is 3. The lowest BCUT2D eigenvalue weighted by atomic mass is 9.70. The predicted octanol–water partition coefficient (Wildman–Crippen LogP) is 3.17. The van der Waals surface area contributed by atoms with Crippen molar-refractivity contribution in [2.75, 3.05) is 37.7 Å². The smallest absolute Gasteiger partial charge is 0.249 e. The van der Waals surface area contributed by atoms with Crippen LogP contribution >= 0.6 is 0 Å². The number of aliphatic hydroxyl groups excluding tert-OH is 1. The van der Waals surface area contributed by atoms with Gasteiger partial charge in [-0.1, -0.05) is 12.2 Å². The Hall–Kier alpha value is -3.17. The van der Waals surface area contributed by atoms with Crippen molar-refractivity contribution in [3.63, 3.8) is 0 Å². The molecule has 1 aromatic carbocycles. The molecule has 2 unspecified atom stereocenters. The standard InChI is InChI=1S/C31H43N3O6/c1-7-17-32(21-11-13-22(14-12-21)39-9-3)27(36)24-23-15-16-31(40-23)25(24)28(37)33(19-10-20-35)26(31)29(38)34(18-8-2)30(4,5)6/h7-8,11-14,23-26,35H,1-2,9-10,15-20H2,3-6H3/t23-,24+,25+,26?,31?/m1/s1. The van der Waals surface area contributed by atoms with Crippen LogP contribution in [-0.4, -0.2) is 88.8 Å². The molecule has 9 nitrogen and oxygen atoms in total. The number of amides is 3. The van der Waals surface area contributed by atoms with Gasteiger partial charge in [0.15, 0.2) is 0 Å². The molecule has 3 aliphatic rings. The molecule has 3 amide bonds. The van der Waals surface area contributed by atoms with E-state index in [2.05, 4.69) is 13.2 Å². The van der Waals surface area contributed by atoms with Gasteiger partial charge >= 0.3 is 0 Å². The average Bonchev–Trinajstić information content (AvgIpc) is 3.56. The van der Waals surface area contributed by atoms with Crippen LogP contribution in [0.3, 0.4) is 0 Å². The third-order valence-corrected chi connectivity index (χ3v) is 8.30. The van der Waals surface area contributed by atoms with E-state index < -0.39 is 35.1 Å². The van der Waals surface area contributed by atoms with E-state index in [0.717, 1.165) is 0 Å². The van der Waals surface area contributed by atoms with Gasteiger partial charge in [-0.2, -0.15) is 0 Å². The average molecular weight is 554 g/mol. The number of ether oxygens (including phenoxy) is 2. The van der Waals surface area contributed by atoms with Gasteiger partial charge in [-0.15, -0.1) is 13.2 Å². The second-order valence-corrected chi connectivity index (χ2v) is 11.7. The Kier molecular flexibility index (Phi) is 8.75. The molecule has 3 saturated heterocycles. The highest BCUT2D eigenvalue weighted by Crippen LogP contribution is 2.59. The van der Waals surface area contributed by atoms with Gasteiger partial charge in [-0.3, -0.25) is 14.4 Å². The molecule has 218 valence electrons. The molecule has 0 aliphatic carbocycles. The van der Waals surface area contributed by atoms with E-state index in [-0.39, 0.29) is 37.4 Å². The van der Waals surface area contributed by atoms with Crippen LogP contribution in [0.4, 0.5) is 5.69 Å². The largest absolute Gasteiger partial charge is 0.494 e. The fourth-order valence-electron chi connectivity index (χ4n) is 6.69. The summed E-state index contributed by atoms with van der Waals surface area (Å²) in [5.41, 5.74) is -0.950. The zero-order valence-corrected chi connectivity index (χ0v) is 24.2. The number of aliphatic hydroxyl groups is 1. The summed E-state index contributed by atoms with van der Waals surface area (Å²) in [5.74, 6) is -1.51. The van der Waals surface area contributed by atoms with E-state index in [1.54, 1.807) is 26.9 Å². The Morgan fingerprint density at radius 1 is 1.18 bits per heavy atom. The molecule has 4 rings (SSSR count). The highest BCUT2D eigenvalue weighted by atomic mass is 16.5. The molecule has 1 aromatic rings. The first-order valence-electron chi connectivity index (χ1n) is 14.2. The van der Waals surface area contributed by atoms with Gasteiger partial charge in [0.25, 0.3) is 0 Å². The lowest BCUT2D eigenvalue weighted by Crippen LogP contribution is -2.60. The van der Waals surface area contributed by atoms with Crippen LogP contribution in [0.2, 0.25) is 0 Å². The molecule has 3 fully saturated rings. The van der Waals surface area contributed by atoms with Gasteiger partial charge < -0.3 is 29.3 Å². The summed E-state index contributed by atoms with van der Waals surface area (Å²) in [5, 5.41) is 9.59. The second-order valence-electron chi connectivity index (χ2n) is 11.7. The first-order valence-corrected chi connectivity index (χ1v) is 14.2. The summed E-state index contributed by atoms with van der Waals surface area (Å²) in [7, 11) is 0. The molecule has 9 heteroatoms. The van der Waals surface area contributed by atoms with E-state index in [1.807, 2.05) is 52.0 Å². The summed E-state index contributed by atoms with van der Waals surface area (Å²) in [6, 6.07) is 6.39. The monoisotopic (exact) mass is 553 g/mol. The predicted molar refractivity (Wildman–Crippen MR) is 153 cm³/mol. The van der Waals surface area contributed by atoms with Crippen molar-refractivity contribution in [2.45, 2.75) is 70.2 Å². The van der Waals surface area contributed by atoms with Crippen molar-refractivity contribution in [1.82, 2.24) is 9.80 Å². The summed E-state index contributed by atoms with van der Waals surface area (Å²) in [6.07, 6.45) is 4.29. The normalized spacial score (nSPS) is 26.9. The number of anilines is 1. The molecule has 0 radical (unpaired) electrons. The van der Waals surface area contributed by atoms with Gasteiger partial charge in [0.05, 0.1) is 24.5 Å². The summed E-state index contributed by atoms with van der Waals surface area (Å²) >= 11 is 0. The van der Waals surface area contributed by atoms with Gasteiger partial charge in [0.2, 0.25) is 17.7 Å². The van der Waals surface area contributed by atoms with E-state index in [4.69, 9.17) is 9.47 Å². The molecule has 3 heterocycles.